The Morgan fingerprint density at radius 1 is 1.07 bits per heavy atom. The van der Waals surface area contributed by atoms with Crippen molar-refractivity contribution in [3.05, 3.63) is 92.2 Å². The fourth-order valence-corrected chi connectivity index (χ4v) is 4.96. The van der Waals surface area contributed by atoms with Crippen molar-refractivity contribution in [3.8, 4) is 23.4 Å². The summed E-state index contributed by atoms with van der Waals surface area (Å²) in [6.07, 6.45) is 1.51. The SMILES string of the molecule is CCOc1cc(/C=N\NC(=O)COc2nc(C)cc(COC)c2C#N)cc(I)c1OCc1cccc2ccccc12. The van der Waals surface area contributed by atoms with Gasteiger partial charge in [0.25, 0.3) is 5.91 Å². The van der Waals surface area contributed by atoms with Crippen LogP contribution in [-0.4, -0.2) is 37.4 Å². The maximum Gasteiger partial charge on any atom is 0.278 e. The third kappa shape index (κ3) is 7.71. The number of carbonyl (C=O) groups excluding carboxylic acids is 1. The van der Waals surface area contributed by atoms with E-state index >= 15 is 0 Å². The molecule has 1 N–H and O–H groups in total. The van der Waals surface area contributed by atoms with E-state index in [1.54, 1.807) is 13.0 Å². The van der Waals surface area contributed by atoms with E-state index in [1.807, 2.05) is 37.3 Å². The van der Waals surface area contributed by atoms with Gasteiger partial charge in [-0.25, -0.2) is 10.4 Å². The van der Waals surface area contributed by atoms with Crippen molar-refractivity contribution in [2.75, 3.05) is 20.3 Å². The number of rotatable bonds is 12. The molecule has 41 heavy (non-hydrogen) atoms. The minimum absolute atomic E-state index is 0.0775. The van der Waals surface area contributed by atoms with Crippen LogP contribution >= 0.6 is 22.6 Å². The monoisotopic (exact) mass is 664 g/mol. The smallest absolute Gasteiger partial charge is 0.278 e. The summed E-state index contributed by atoms with van der Waals surface area (Å²) in [5, 5.41) is 15.9. The van der Waals surface area contributed by atoms with Crippen LogP contribution in [0.25, 0.3) is 10.8 Å². The number of pyridine rings is 1. The Balaban J connectivity index is 1.41. The van der Waals surface area contributed by atoms with Gasteiger partial charge in [0.15, 0.2) is 18.1 Å². The van der Waals surface area contributed by atoms with E-state index in [9.17, 15) is 10.1 Å². The third-order valence-electron chi connectivity index (χ3n) is 5.93. The quantitative estimate of drug-likeness (QED) is 0.118. The van der Waals surface area contributed by atoms with Gasteiger partial charge in [0.2, 0.25) is 5.88 Å². The van der Waals surface area contributed by atoms with Gasteiger partial charge in [0.05, 0.1) is 23.0 Å². The fourth-order valence-electron chi connectivity index (χ4n) is 4.18. The minimum Gasteiger partial charge on any atom is -0.490 e. The Kier molecular flexibility index (Phi) is 10.5. The third-order valence-corrected chi connectivity index (χ3v) is 6.74. The molecule has 0 atom stereocenters. The number of halogens is 1. The highest BCUT2D eigenvalue weighted by atomic mass is 127. The van der Waals surface area contributed by atoms with Gasteiger partial charge in [-0.15, -0.1) is 0 Å². The number of nitriles is 1. The molecule has 210 valence electrons. The van der Waals surface area contributed by atoms with E-state index in [1.165, 1.54) is 13.3 Å². The number of benzene rings is 3. The number of hydrazone groups is 1. The molecule has 0 saturated carbocycles. The van der Waals surface area contributed by atoms with E-state index in [-0.39, 0.29) is 24.7 Å². The largest absolute Gasteiger partial charge is 0.490 e. The van der Waals surface area contributed by atoms with Gasteiger partial charge in [-0.1, -0.05) is 42.5 Å². The molecule has 0 radical (unpaired) electrons. The van der Waals surface area contributed by atoms with Crippen LogP contribution in [0.1, 0.15) is 34.9 Å². The van der Waals surface area contributed by atoms with Gasteiger partial charge in [-0.3, -0.25) is 4.79 Å². The van der Waals surface area contributed by atoms with Crippen LogP contribution in [0, 0.1) is 21.8 Å². The molecule has 0 aliphatic rings. The lowest BCUT2D eigenvalue weighted by atomic mass is 10.1. The summed E-state index contributed by atoms with van der Waals surface area (Å²) in [5.74, 6) is 0.795. The number of aryl methyl sites for hydroxylation is 1. The van der Waals surface area contributed by atoms with Crippen molar-refractivity contribution in [1.29, 1.82) is 5.26 Å². The number of aromatic nitrogens is 1. The van der Waals surface area contributed by atoms with E-state index in [2.05, 4.69) is 68.4 Å². The Morgan fingerprint density at radius 2 is 1.88 bits per heavy atom. The summed E-state index contributed by atoms with van der Waals surface area (Å²) >= 11 is 2.20. The summed E-state index contributed by atoms with van der Waals surface area (Å²) < 4.78 is 23.6. The van der Waals surface area contributed by atoms with E-state index in [0.717, 1.165) is 19.9 Å². The van der Waals surface area contributed by atoms with Crippen LogP contribution in [0.3, 0.4) is 0 Å². The normalized spacial score (nSPS) is 10.9. The predicted molar refractivity (Wildman–Crippen MR) is 164 cm³/mol. The molecule has 1 amide bonds. The molecular weight excluding hydrogens is 635 g/mol. The van der Waals surface area contributed by atoms with Crippen molar-refractivity contribution < 1.29 is 23.7 Å². The van der Waals surface area contributed by atoms with Crippen LogP contribution in [0.15, 0.2) is 65.8 Å². The number of methoxy groups -OCH3 is 1. The van der Waals surface area contributed by atoms with Crippen molar-refractivity contribution in [2.24, 2.45) is 5.10 Å². The van der Waals surface area contributed by atoms with Crippen LogP contribution in [-0.2, 0) is 22.7 Å². The average Bonchev–Trinajstić information content (AvgIpc) is 2.96. The van der Waals surface area contributed by atoms with Crippen molar-refractivity contribution in [3.63, 3.8) is 0 Å². The zero-order valence-corrected chi connectivity index (χ0v) is 25.1. The number of nitrogens with zero attached hydrogens (tertiary/aromatic N) is 3. The molecule has 10 heteroatoms. The van der Waals surface area contributed by atoms with Crippen LogP contribution in [0.5, 0.6) is 17.4 Å². The number of fused-ring (bicyclic) bond motifs is 1. The summed E-state index contributed by atoms with van der Waals surface area (Å²) in [7, 11) is 1.54. The molecule has 0 aliphatic heterocycles. The highest BCUT2D eigenvalue weighted by Crippen LogP contribution is 2.35. The molecule has 3 aromatic carbocycles. The Labute approximate surface area is 252 Å². The van der Waals surface area contributed by atoms with Gasteiger partial charge < -0.3 is 18.9 Å². The Bertz CT molecular complexity index is 1610. The number of carbonyl (C=O) groups is 1. The first-order chi connectivity index (χ1) is 19.9. The van der Waals surface area contributed by atoms with E-state index in [4.69, 9.17) is 18.9 Å². The molecule has 0 fully saturated rings. The van der Waals surface area contributed by atoms with Crippen LogP contribution in [0.4, 0.5) is 0 Å². The predicted octanol–water partition coefficient (Wildman–Crippen LogP) is 5.67. The molecule has 1 heterocycles. The van der Waals surface area contributed by atoms with Crippen molar-refractivity contribution in [2.45, 2.75) is 27.1 Å². The summed E-state index contributed by atoms with van der Waals surface area (Å²) in [6.45, 7) is 4.39. The maximum absolute atomic E-state index is 12.4. The average molecular weight is 664 g/mol. The second-order valence-corrected chi connectivity index (χ2v) is 10.1. The lowest BCUT2D eigenvalue weighted by Gasteiger charge is -2.15. The van der Waals surface area contributed by atoms with Gasteiger partial charge in [-0.05, 0) is 76.5 Å². The molecule has 0 bridgehead atoms. The minimum atomic E-state index is -0.503. The second-order valence-electron chi connectivity index (χ2n) is 8.92. The van der Waals surface area contributed by atoms with Crippen molar-refractivity contribution in [1.82, 2.24) is 10.4 Å². The first-order valence-electron chi connectivity index (χ1n) is 12.8. The van der Waals surface area contributed by atoms with E-state index in [0.29, 0.717) is 41.5 Å². The molecule has 9 nitrogen and oxygen atoms in total. The molecular formula is C31H29IN4O5. The number of amides is 1. The first kappa shape index (κ1) is 29.8. The molecule has 0 aliphatic carbocycles. The maximum atomic E-state index is 12.4. The van der Waals surface area contributed by atoms with Gasteiger partial charge >= 0.3 is 0 Å². The van der Waals surface area contributed by atoms with Gasteiger partial charge in [0.1, 0.15) is 18.2 Å². The standard InChI is InChI=1S/C31H29IN4O5/c1-4-39-28-14-21(13-27(32)30(28)40-18-23-10-7-9-22-8-5-6-11-25(22)23)16-34-36-29(37)19-41-31-26(15-33)24(17-38-3)12-20(2)35-31/h5-14,16H,4,17-19H2,1-3H3,(H,36,37)/b34-16-. The van der Waals surface area contributed by atoms with Crippen molar-refractivity contribution >= 4 is 45.5 Å². The molecule has 4 rings (SSSR count). The Hall–Kier alpha value is -4.21. The number of hydrogen-bond acceptors (Lipinski definition) is 8. The van der Waals surface area contributed by atoms with Crippen LogP contribution < -0.4 is 19.6 Å². The summed E-state index contributed by atoms with van der Waals surface area (Å²) in [5.41, 5.74) is 5.75. The molecule has 0 spiro atoms. The number of hydrogen-bond donors (Lipinski definition) is 1. The topological polar surface area (TPSA) is 115 Å². The summed E-state index contributed by atoms with van der Waals surface area (Å²) in [4.78, 5) is 16.6. The van der Waals surface area contributed by atoms with Gasteiger partial charge in [0, 0.05) is 18.4 Å². The fraction of sp³-hybridized carbons (Fsp3) is 0.226. The highest BCUT2D eigenvalue weighted by molar-refractivity contribution is 14.1. The molecule has 4 aromatic rings. The zero-order valence-electron chi connectivity index (χ0n) is 22.9. The molecule has 0 unspecified atom stereocenters. The number of ether oxygens (including phenoxy) is 4. The number of nitrogens with one attached hydrogen (secondary N) is 1. The van der Waals surface area contributed by atoms with Gasteiger partial charge in [-0.2, -0.15) is 10.4 Å². The molecule has 1 aromatic heterocycles. The lowest BCUT2D eigenvalue weighted by molar-refractivity contribution is -0.123. The van der Waals surface area contributed by atoms with Crippen LogP contribution in [0.2, 0.25) is 0 Å². The summed E-state index contributed by atoms with van der Waals surface area (Å²) in [6, 6.07) is 21.9. The van der Waals surface area contributed by atoms with E-state index < -0.39 is 5.91 Å². The lowest BCUT2D eigenvalue weighted by Crippen LogP contribution is -2.25. The molecule has 0 saturated heterocycles. The Morgan fingerprint density at radius 3 is 2.66 bits per heavy atom. The second kappa shape index (κ2) is 14.4. The zero-order chi connectivity index (χ0) is 29.2. The first-order valence-corrected chi connectivity index (χ1v) is 13.9. The highest BCUT2D eigenvalue weighted by Gasteiger charge is 2.15.